The Kier molecular flexibility index (Phi) is 7.60. The van der Waals surface area contributed by atoms with Crippen LogP contribution in [0.25, 0.3) is 0 Å². The average Bonchev–Trinajstić information content (AvgIpc) is 2.66. The van der Waals surface area contributed by atoms with Gasteiger partial charge in [0, 0.05) is 13.0 Å². The van der Waals surface area contributed by atoms with Crippen molar-refractivity contribution in [2.24, 2.45) is 5.73 Å². The van der Waals surface area contributed by atoms with Gasteiger partial charge in [-0.25, -0.2) is 0 Å². The van der Waals surface area contributed by atoms with Crippen molar-refractivity contribution in [3.8, 4) is 0 Å². The van der Waals surface area contributed by atoms with Gasteiger partial charge >= 0.3 is 0 Å². The first-order valence-electron chi connectivity index (χ1n) is 6.17. The second-order valence-electron chi connectivity index (χ2n) is 4.02. The van der Waals surface area contributed by atoms with Crippen LogP contribution >= 0.6 is 0 Å². The lowest BCUT2D eigenvalue weighted by Gasteiger charge is -2.23. The number of carbonyl (C=O) groups excluding carboxylic acids is 2. The Hall–Kier alpha value is -1.06. The van der Waals surface area contributed by atoms with Crippen molar-refractivity contribution >= 4 is 11.8 Å². The predicted molar refractivity (Wildman–Crippen MR) is 64.8 cm³/mol. The summed E-state index contributed by atoms with van der Waals surface area (Å²) >= 11 is 0. The zero-order chi connectivity index (χ0) is 12.6. The maximum atomic E-state index is 11.2. The Labute approximate surface area is 98.2 Å². The van der Waals surface area contributed by atoms with Crippen LogP contribution in [0.15, 0.2) is 0 Å². The van der Waals surface area contributed by atoms with Crippen molar-refractivity contribution in [2.45, 2.75) is 58.9 Å². The van der Waals surface area contributed by atoms with Crippen molar-refractivity contribution < 1.29 is 9.59 Å². The molecule has 0 aromatic heterocycles. The summed E-state index contributed by atoms with van der Waals surface area (Å²) in [5.41, 5.74) is 5.16. The molecular formula is C12H24N2O2. The highest BCUT2D eigenvalue weighted by Gasteiger charge is 2.29. The van der Waals surface area contributed by atoms with Crippen molar-refractivity contribution in [3.05, 3.63) is 0 Å². The SMILES string of the molecule is CCCC.CC[C@H](C(N)=O)N1CCCC1=O. The molecule has 0 spiro atoms. The molecule has 1 aliphatic rings. The first kappa shape index (κ1) is 14.9. The number of carbonyl (C=O) groups is 2. The monoisotopic (exact) mass is 228 g/mol. The largest absolute Gasteiger partial charge is 0.368 e. The van der Waals surface area contributed by atoms with Gasteiger partial charge in [0.15, 0.2) is 0 Å². The molecule has 0 unspecified atom stereocenters. The molecule has 4 heteroatoms. The van der Waals surface area contributed by atoms with Crippen LogP contribution < -0.4 is 5.73 Å². The van der Waals surface area contributed by atoms with Crippen molar-refractivity contribution in [1.29, 1.82) is 0 Å². The molecule has 0 aliphatic carbocycles. The Balaban J connectivity index is 0.000000487. The fraction of sp³-hybridized carbons (Fsp3) is 0.833. The zero-order valence-electron chi connectivity index (χ0n) is 10.7. The highest BCUT2D eigenvalue weighted by atomic mass is 16.2. The van der Waals surface area contributed by atoms with Crippen LogP contribution in [0.4, 0.5) is 0 Å². The van der Waals surface area contributed by atoms with Crippen molar-refractivity contribution in [3.63, 3.8) is 0 Å². The Morgan fingerprint density at radius 2 is 1.94 bits per heavy atom. The van der Waals surface area contributed by atoms with E-state index in [-0.39, 0.29) is 11.9 Å². The lowest BCUT2D eigenvalue weighted by atomic mass is 10.2. The van der Waals surface area contributed by atoms with E-state index in [0.717, 1.165) is 6.42 Å². The summed E-state index contributed by atoms with van der Waals surface area (Å²) in [6.07, 6.45) is 4.66. The van der Waals surface area contributed by atoms with Crippen molar-refractivity contribution in [1.82, 2.24) is 4.90 Å². The van der Waals surface area contributed by atoms with E-state index in [2.05, 4.69) is 13.8 Å². The van der Waals surface area contributed by atoms with Gasteiger partial charge in [-0.15, -0.1) is 0 Å². The van der Waals surface area contributed by atoms with Crippen LogP contribution in [-0.4, -0.2) is 29.3 Å². The molecule has 1 aliphatic heterocycles. The van der Waals surface area contributed by atoms with Gasteiger partial charge in [-0.05, 0) is 12.8 Å². The number of unbranched alkanes of at least 4 members (excludes halogenated alkanes) is 1. The summed E-state index contributed by atoms with van der Waals surface area (Å²) < 4.78 is 0. The maximum absolute atomic E-state index is 11.2. The third kappa shape index (κ3) is 4.64. The second kappa shape index (κ2) is 8.13. The van der Waals surface area contributed by atoms with E-state index >= 15 is 0 Å². The van der Waals surface area contributed by atoms with Crippen LogP contribution in [0, 0.1) is 0 Å². The molecule has 94 valence electrons. The minimum Gasteiger partial charge on any atom is -0.368 e. The molecule has 4 nitrogen and oxygen atoms in total. The second-order valence-corrected chi connectivity index (χ2v) is 4.02. The smallest absolute Gasteiger partial charge is 0.240 e. The van der Waals surface area contributed by atoms with Gasteiger partial charge in [-0.2, -0.15) is 0 Å². The molecule has 0 aromatic rings. The molecule has 0 bridgehead atoms. The molecule has 2 N–H and O–H groups in total. The minimum atomic E-state index is -0.396. The minimum absolute atomic E-state index is 0.0562. The third-order valence-corrected chi connectivity index (χ3v) is 2.70. The maximum Gasteiger partial charge on any atom is 0.240 e. The summed E-state index contributed by atoms with van der Waals surface area (Å²) in [6, 6.07) is -0.389. The number of hydrogen-bond donors (Lipinski definition) is 1. The topological polar surface area (TPSA) is 63.4 Å². The number of amides is 2. The van der Waals surface area contributed by atoms with E-state index in [1.165, 1.54) is 12.8 Å². The summed E-state index contributed by atoms with van der Waals surface area (Å²) in [5.74, 6) is -0.339. The molecule has 0 aromatic carbocycles. The number of rotatable bonds is 4. The van der Waals surface area contributed by atoms with Gasteiger partial charge < -0.3 is 10.6 Å². The normalized spacial score (nSPS) is 16.7. The van der Waals surface area contributed by atoms with Crippen LogP contribution in [0.5, 0.6) is 0 Å². The number of likely N-dealkylation sites (tertiary alicyclic amines) is 1. The van der Waals surface area contributed by atoms with Crippen LogP contribution in [0.2, 0.25) is 0 Å². The molecule has 1 rings (SSSR count). The van der Waals surface area contributed by atoms with Gasteiger partial charge in [0.25, 0.3) is 0 Å². The standard InChI is InChI=1S/C8H14N2O2.C4H10/c1-2-6(8(9)12)10-5-3-4-7(10)11;1-3-4-2/h6H,2-5H2,1H3,(H2,9,12);3-4H2,1-2H3/t6-;/m1./s1. The average molecular weight is 228 g/mol. The highest BCUT2D eigenvalue weighted by molar-refractivity contribution is 5.87. The number of hydrogen-bond acceptors (Lipinski definition) is 2. The van der Waals surface area contributed by atoms with E-state index in [1.807, 2.05) is 6.92 Å². The fourth-order valence-corrected chi connectivity index (χ4v) is 1.57. The van der Waals surface area contributed by atoms with Crippen LogP contribution in [0.1, 0.15) is 52.9 Å². The van der Waals surface area contributed by atoms with E-state index < -0.39 is 5.91 Å². The quantitative estimate of drug-likeness (QED) is 0.795. The molecule has 1 heterocycles. The van der Waals surface area contributed by atoms with Gasteiger partial charge in [0.1, 0.15) is 6.04 Å². The Morgan fingerprint density at radius 1 is 1.38 bits per heavy atom. The Bertz CT molecular complexity index is 227. The van der Waals surface area contributed by atoms with Crippen LogP contribution in [-0.2, 0) is 9.59 Å². The number of primary amides is 1. The first-order chi connectivity index (χ1) is 7.58. The van der Waals surface area contributed by atoms with Gasteiger partial charge in [-0.1, -0.05) is 33.6 Å². The highest BCUT2D eigenvalue weighted by Crippen LogP contribution is 2.15. The molecule has 2 amide bonds. The first-order valence-corrected chi connectivity index (χ1v) is 6.17. The van der Waals surface area contributed by atoms with E-state index in [0.29, 0.717) is 19.4 Å². The molecular weight excluding hydrogens is 204 g/mol. The van der Waals surface area contributed by atoms with Crippen LogP contribution in [0.3, 0.4) is 0 Å². The van der Waals surface area contributed by atoms with Gasteiger partial charge in [-0.3, -0.25) is 9.59 Å². The van der Waals surface area contributed by atoms with E-state index in [1.54, 1.807) is 4.90 Å². The number of nitrogens with two attached hydrogens (primary N) is 1. The van der Waals surface area contributed by atoms with Crippen molar-refractivity contribution in [2.75, 3.05) is 6.54 Å². The summed E-state index contributed by atoms with van der Waals surface area (Å²) in [6.45, 7) is 6.90. The number of nitrogens with zero attached hydrogens (tertiary/aromatic N) is 1. The summed E-state index contributed by atoms with van der Waals surface area (Å²) in [4.78, 5) is 23.7. The molecule has 1 atom stereocenters. The summed E-state index contributed by atoms with van der Waals surface area (Å²) in [5, 5.41) is 0. The fourth-order valence-electron chi connectivity index (χ4n) is 1.57. The third-order valence-electron chi connectivity index (χ3n) is 2.70. The molecule has 1 fully saturated rings. The molecule has 0 radical (unpaired) electrons. The zero-order valence-corrected chi connectivity index (χ0v) is 10.7. The van der Waals surface area contributed by atoms with Gasteiger partial charge in [0.05, 0.1) is 0 Å². The Morgan fingerprint density at radius 3 is 2.19 bits per heavy atom. The predicted octanol–water partition coefficient (Wildman–Crippen LogP) is 1.68. The van der Waals surface area contributed by atoms with E-state index in [9.17, 15) is 9.59 Å². The molecule has 0 saturated carbocycles. The lowest BCUT2D eigenvalue weighted by molar-refractivity contribution is -0.136. The lowest BCUT2D eigenvalue weighted by Crippen LogP contribution is -2.44. The summed E-state index contributed by atoms with van der Waals surface area (Å²) in [7, 11) is 0. The van der Waals surface area contributed by atoms with Gasteiger partial charge in [0.2, 0.25) is 11.8 Å². The van der Waals surface area contributed by atoms with E-state index in [4.69, 9.17) is 5.73 Å². The molecule has 16 heavy (non-hydrogen) atoms. The molecule has 1 saturated heterocycles.